The Balaban J connectivity index is 2.19. The first-order chi connectivity index (χ1) is 45.8. The number of H-pyrrole nitrogens is 1. The number of aliphatic hydroxyl groups is 1. The van der Waals surface area contributed by atoms with Crippen molar-refractivity contribution in [3.05, 3.63) is 54.1 Å². The summed E-state index contributed by atoms with van der Waals surface area (Å²) < 4.78 is 0. The lowest BCUT2D eigenvalue weighted by Gasteiger charge is -2.29. The topological polar surface area (TPSA) is 527 Å². The van der Waals surface area contributed by atoms with Gasteiger partial charge in [0.1, 0.15) is 54.4 Å². The van der Waals surface area contributed by atoms with Crippen molar-refractivity contribution in [2.75, 3.05) is 45.6 Å². The number of nitrogens with two attached hydrogens (primary N) is 4. The number of unbranched alkanes of at least 4 members (excludes halogenated alkanes) is 1. The summed E-state index contributed by atoms with van der Waals surface area (Å²) >= 11 is 1.34. The number of nitrogens with zero attached hydrogens (tertiary/aromatic N) is 3. The molecule has 0 aliphatic heterocycles. The van der Waals surface area contributed by atoms with E-state index in [0.717, 1.165) is 5.56 Å². The molecule has 1 heterocycles. The van der Waals surface area contributed by atoms with Crippen LogP contribution in [0.15, 0.2) is 52.8 Å². The number of ketones is 1. The third-order valence-corrected chi connectivity index (χ3v) is 16.3. The summed E-state index contributed by atoms with van der Waals surface area (Å²) in [5.41, 5.74) is 23.4. The predicted octanol–water partition coefficient (Wildman–Crippen LogP) is -3.63. The first-order valence-corrected chi connectivity index (χ1v) is 33.6. The molecule has 33 nitrogen and oxygen atoms in total. The number of hydrogen-bond acceptors (Lipinski definition) is 18. The van der Waals surface area contributed by atoms with Gasteiger partial charge in [0.15, 0.2) is 17.7 Å². The summed E-state index contributed by atoms with van der Waals surface area (Å²) in [6.07, 6.45) is 4.56. The van der Waals surface area contributed by atoms with Crippen LogP contribution in [0.1, 0.15) is 125 Å². The third kappa shape index (κ3) is 33.1. The molecule has 11 amide bonds. The average Bonchev–Trinajstić information content (AvgIpc) is 1.32. The normalized spacial score (nSPS) is 14.5. The van der Waals surface area contributed by atoms with Crippen molar-refractivity contribution < 1.29 is 62.6 Å². The molecule has 0 aliphatic rings. The maximum Gasteiger partial charge on any atom is 0.245 e. The molecule has 0 saturated heterocycles. The zero-order valence-corrected chi connectivity index (χ0v) is 58.5. The number of carbonyl (C=O) groups excluding carboxylic acids is 12. The van der Waals surface area contributed by atoms with Gasteiger partial charge in [-0.05, 0) is 82.2 Å². The first-order valence-electron chi connectivity index (χ1n) is 32.6. The molecule has 0 spiro atoms. The van der Waals surface area contributed by atoms with Crippen LogP contribution in [0.5, 0.6) is 0 Å². The van der Waals surface area contributed by atoms with Gasteiger partial charge >= 0.3 is 0 Å². The van der Waals surface area contributed by atoms with Crippen LogP contribution in [0, 0.1) is 17.8 Å². The summed E-state index contributed by atoms with van der Waals surface area (Å²) in [6.45, 7) is 16.1. The molecule has 0 radical (unpaired) electrons. The monoisotopic (exact) mass is 1380 g/mol. The summed E-state index contributed by atoms with van der Waals surface area (Å²) in [5.74, 6) is -9.62. The Labute approximate surface area is 571 Å². The van der Waals surface area contributed by atoms with Crippen LogP contribution < -0.4 is 86.7 Å². The van der Waals surface area contributed by atoms with E-state index in [1.54, 1.807) is 41.5 Å². The molecule has 542 valence electrons. The van der Waals surface area contributed by atoms with Crippen LogP contribution in [-0.4, -0.2) is 209 Å². The van der Waals surface area contributed by atoms with Crippen LogP contribution in [0.3, 0.4) is 0 Å². The lowest BCUT2D eigenvalue weighted by molar-refractivity contribution is -0.136. The Kier molecular flexibility index (Phi) is 38.8. The highest BCUT2D eigenvalue weighted by atomic mass is 32.2. The number of aliphatic imine (C=N–C) groups is 2. The molecule has 1 aromatic carbocycles. The fraction of sp³-hybridized carbons (Fsp3) is 0.635. The van der Waals surface area contributed by atoms with E-state index in [1.807, 2.05) is 37.3 Å². The minimum absolute atomic E-state index is 0.00365. The summed E-state index contributed by atoms with van der Waals surface area (Å²) in [5, 5.41) is 42.1. The summed E-state index contributed by atoms with van der Waals surface area (Å²) in [4.78, 5) is 177. The molecule has 0 aliphatic carbocycles. The van der Waals surface area contributed by atoms with Crippen LogP contribution in [0.4, 0.5) is 0 Å². The maximum absolute atomic E-state index is 14.3. The number of nitrogens with one attached hydrogen (secondary N) is 13. The lowest BCUT2D eigenvalue weighted by atomic mass is 9.95. The number of Topliss-reactive ketones (excluding diaryl/α,β-unsaturated/α-hetero) is 1. The fourth-order valence-corrected chi connectivity index (χ4v) is 10.7. The number of guanidine groups is 2. The Morgan fingerprint density at radius 2 is 0.979 bits per heavy atom. The molecule has 22 N–H and O–H groups in total. The highest BCUT2D eigenvalue weighted by Crippen LogP contribution is 2.16. The number of hydrogen-bond donors (Lipinski definition) is 18. The summed E-state index contributed by atoms with van der Waals surface area (Å²) in [6, 6.07) is -2.75. The number of likely N-dealkylation sites (N-methyl/N-ethyl adjacent to an activating group) is 1. The van der Waals surface area contributed by atoms with Gasteiger partial charge in [-0.2, -0.15) is 11.8 Å². The van der Waals surface area contributed by atoms with Crippen molar-refractivity contribution in [3.63, 3.8) is 0 Å². The van der Waals surface area contributed by atoms with Gasteiger partial charge in [-0.25, -0.2) is 4.98 Å². The smallest absolute Gasteiger partial charge is 0.245 e. The number of benzene rings is 1. The van der Waals surface area contributed by atoms with Crippen LogP contribution in [0.2, 0.25) is 0 Å². The van der Waals surface area contributed by atoms with Gasteiger partial charge in [0.05, 0.1) is 19.0 Å². The predicted molar refractivity (Wildman–Crippen MR) is 368 cm³/mol. The second-order valence-corrected chi connectivity index (χ2v) is 26.0. The molecule has 0 saturated carbocycles. The van der Waals surface area contributed by atoms with Gasteiger partial charge in [0, 0.05) is 75.8 Å². The van der Waals surface area contributed by atoms with Crippen LogP contribution in [-0.2, 0) is 70.4 Å². The van der Waals surface area contributed by atoms with Gasteiger partial charge in [0.2, 0.25) is 65.0 Å². The van der Waals surface area contributed by atoms with Crippen LogP contribution >= 0.6 is 11.8 Å². The second kappa shape index (κ2) is 44.7. The number of imidazole rings is 1. The number of thioether (sulfide) groups is 1. The molecule has 97 heavy (non-hydrogen) atoms. The third-order valence-electron chi connectivity index (χ3n) is 15.1. The van der Waals surface area contributed by atoms with Crippen molar-refractivity contribution in [3.8, 4) is 0 Å². The van der Waals surface area contributed by atoms with Gasteiger partial charge in [-0.15, -0.1) is 0 Å². The number of aliphatic hydroxyl groups excluding tert-OH is 1. The van der Waals surface area contributed by atoms with Crippen molar-refractivity contribution in [1.29, 1.82) is 0 Å². The SMILES string of the molecule is CNC(=O)[C@H](C)NC(=O)[C@H](CO)NC(=O)[C@@H](NC(=O)[C@H](CCCN=C(N)N)NC(=O)[C@H](CSC(C)CNCCCC[C@H](NC(C)=O)C(=O)N[C@@H](CCCN=C(N)N)C(=O)N[C@H](C(=O)N[C@@H](Cc1cnc[nH]1)C(=O)N[C@@H](Cc1ccccc1)C(=O)C(C)C)C(C)C)NC(C)=O)C(C)C. The Morgan fingerprint density at radius 3 is 1.45 bits per heavy atom. The number of carbonyl (C=O) groups is 12. The Morgan fingerprint density at radius 1 is 0.526 bits per heavy atom. The Hall–Kier alpha value is -8.92. The fourth-order valence-electron chi connectivity index (χ4n) is 9.72. The van der Waals surface area contributed by atoms with Crippen molar-refractivity contribution in [2.24, 2.45) is 50.7 Å². The molecule has 2 rings (SSSR count). The standard InChI is InChI=1S/C63H106N20O13S/c1-34(2)50(60(95)80-47(28-42-30-70-33-73-42)57(92)79-46(52(87)36(5)6)27-41-19-13-12-14-20-41)82-55(90)44(22-17-25-71-62(64)65)77-54(89)43(75-39(9)85)21-15-16-24-69-29-37(7)97-32-49(76-40(10)86)59(94)78-45(23-18-26-72-63(66)67)56(91)83-51(35(3)4)61(96)81-48(31-84)58(93)74-38(8)53(88)68-11/h12-14,19-20,30,33-38,43-51,69,84H,15-18,21-29,31-32H2,1-11H3,(H,68,88)(H,70,73)(H,74,93)(H,75,85)(H,76,86)(H,77,89)(H,78,94)(H,79,92)(H,80,95)(H,81,96)(H,82,90)(H,83,91)(H4,64,65,71)(H4,66,67,72)/t37?,38-,43-,44-,45-,46-,47-,48-,49-,50-,51-/m0/s1. The van der Waals surface area contributed by atoms with E-state index in [0.29, 0.717) is 31.6 Å². The number of rotatable bonds is 46. The minimum Gasteiger partial charge on any atom is -0.394 e. The van der Waals surface area contributed by atoms with Crippen LogP contribution in [0.25, 0.3) is 0 Å². The molecule has 1 aromatic heterocycles. The van der Waals surface area contributed by atoms with E-state index >= 15 is 0 Å². The van der Waals surface area contributed by atoms with Crippen molar-refractivity contribution >= 4 is 94.4 Å². The molecular formula is C63H106N20O13S. The quantitative estimate of drug-likeness (QED) is 0.0173. The van der Waals surface area contributed by atoms with Crippen molar-refractivity contribution in [2.45, 2.75) is 193 Å². The highest BCUT2D eigenvalue weighted by molar-refractivity contribution is 8.00. The van der Waals surface area contributed by atoms with E-state index in [1.165, 1.54) is 52.1 Å². The molecule has 0 bridgehead atoms. The van der Waals surface area contributed by atoms with E-state index in [9.17, 15) is 62.6 Å². The zero-order valence-electron chi connectivity index (χ0n) is 57.6. The molecular weight excluding hydrogens is 1280 g/mol. The van der Waals surface area contributed by atoms with E-state index in [-0.39, 0.29) is 86.7 Å². The number of amides is 11. The number of aromatic amines is 1. The van der Waals surface area contributed by atoms with Gasteiger partial charge in [-0.3, -0.25) is 67.5 Å². The van der Waals surface area contributed by atoms with E-state index < -0.39 is 150 Å². The van der Waals surface area contributed by atoms with Gasteiger partial charge in [0.25, 0.3) is 0 Å². The largest absolute Gasteiger partial charge is 0.394 e. The average molecular weight is 1380 g/mol. The van der Waals surface area contributed by atoms with Gasteiger partial charge < -0.3 is 96.8 Å². The zero-order chi connectivity index (χ0) is 72.9. The maximum atomic E-state index is 14.3. The second-order valence-electron chi connectivity index (χ2n) is 24.6. The van der Waals surface area contributed by atoms with Crippen molar-refractivity contribution in [1.82, 2.24) is 73.8 Å². The first kappa shape index (κ1) is 84.2. The minimum atomic E-state index is -1.49. The molecule has 11 atom stereocenters. The summed E-state index contributed by atoms with van der Waals surface area (Å²) in [7, 11) is 1.37. The lowest BCUT2D eigenvalue weighted by Crippen LogP contribution is -2.60. The molecule has 2 aromatic rings. The highest BCUT2D eigenvalue weighted by Gasteiger charge is 2.36. The molecule has 1 unspecified atom stereocenters. The van der Waals surface area contributed by atoms with E-state index in [2.05, 4.69) is 83.8 Å². The Bertz CT molecular complexity index is 2930. The number of aromatic nitrogens is 2. The van der Waals surface area contributed by atoms with Gasteiger partial charge in [-0.1, -0.05) is 78.8 Å². The molecule has 0 fully saturated rings. The molecule has 34 heteroatoms. The van der Waals surface area contributed by atoms with E-state index in [4.69, 9.17) is 22.9 Å².